The van der Waals surface area contributed by atoms with Crippen LogP contribution in [-0.4, -0.2) is 58.9 Å². The summed E-state index contributed by atoms with van der Waals surface area (Å²) in [5, 5.41) is 0. The SMILES string of the molecule is COS(=O)(=O)[O-].C[N+](C)(C)CCOc1ccccc1. The van der Waals surface area contributed by atoms with Crippen molar-refractivity contribution in [2.24, 2.45) is 0 Å². The van der Waals surface area contributed by atoms with Gasteiger partial charge in [-0.25, -0.2) is 8.42 Å². The minimum absolute atomic E-state index is 0.771. The zero-order chi connectivity index (χ0) is 14.9. The first-order valence-electron chi connectivity index (χ1n) is 5.64. The maximum absolute atomic E-state index is 9.22. The molecule has 0 bridgehead atoms. The second kappa shape index (κ2) is 8.11. The Labute approximate surface area is 115 Å². The first kappa shape index (κ1) is 17.8. The summed E-state index contributed by atoms with van der Waals surface area (Å²) in [4.78, 5) is 0. The van der Waals surface area contributed by atoms with Crippen molar-refractivity contribution in [2.45, 2.75) is 0 Å². The number of hydrogen-bond acceptors (Lipinski definition) is 5. The van der Waals surface area contributed by atoms with E-state index in [1.165, 1.54) is 0 Å². The molecule has 0 heterocycles. The van der Waals surface area contributed by atoms with Crippen LogP contribution in [0.5, 0.6) is 5.75 Å². The molecule has 0 saturated carbocycles. The van der Waals surface area contributed by atoms with E-state index in [0.717, 1.165) is 30.5 Å². The molecule has 0 N–H and O–H groups in total. The predicted octanol–water partition coefficient (Wildman–Crippen LogP) is 0.865. The second-order valence-corrected chi connectivity index (χ2v) is 5.90. The zero-order valence-electron chi connectivity index (χ0n) is 11.7. The lowest BCUT2D eigenvalue weighted by Crippen LogP contribution is -2.38. The van der Waals surface area contributed by atoms with Crippen molar-refractivity contribution in [1.82, 2.24) is 0 Å². The Bertz CT molecular complexity index is 439. The Morgan fingerprint density at radius 1 is 1.16 bits per heavy atom. The summed E-state index contributed by atoms with van der Waals surface area (Å²) in [5.41, 5.74) is 0. The fraction of sp³-hybridized carbons (Fsp3) is 0.500. The van der Waals surface area contributed by atoms with Crippen molar-refractivity contribution in [2.75, 3.05) is 41.4 Å². The molecule has 7 heteroatoms. The third-order valence-corrected chi connectivity index (χ3v) is 2.39. The van der Waals surface area contributed by atoms with Crippen LogP contribution >= 0.6 is 0 Å². The fourth-order valence-electron chi connectivity index (χ4n) is 0.954. The van der Waals surface area contributed by atoms with Crippen LogP contribution in [0.4, 0.5) is 0 Å². The normalized spacial score (nSPS) is 11.4. The number of quaternary nitrogens is 1. The third kappa shape index (κ3) is 13.1. The molecule has 0 atom stereocenters. The monoisotopic (exact) mass is 291 g/mol. The summed E-state index contributed by atoms with van der Waals surface area (Å²) in [6, 6.07) is 9.93. The molecule has 0 aromatic heterocycles. The van der Waals surface area contributed by atoms with Crippen LogP contribution in [-0.2, 0) is 14.6 Å². The molecule has 0 unspecified atom stereocenters. The minimum Gasteiger partial charge on any atom is -0.726 e. The van der Waals surface area contributed by atoms with Crippen molar-refractivity contribution < 1.29 is 26.4 Å². The van der Waals surface area contributed by atoms with E-state index >= 15 is 0 Å². The summed E-state index contributed by atoms with van der Waals surface area (Å²) in [5.74, 6) is 0.955. The van der Waals surface area contributed by atoms with Crippen molar-refractivity contribution in [1.29, 1.82) is 0 Å². The number of hydrogen-bond donors (Lipinski definition) is 0. The van der Waals surface area contributed by atoms with Gasteiger partial charge in [0.05, 0.1) is 28.3 Å². The van der Waals surface area contributed by atoms with Gasteiger partial charge in [-0.15, -0.1) is 0 Å². The van der Waals surface area contributed by atoms with Crippen LogP contribution in [0, 0.1) is 0 Å². The molecule has 0 spiro atoms. The van der Waals surface area contributed by atoms with Crippen LogP contribution in [0.25, 0.3) is 0 Å². The Kier molecular flexibility index (Phi) is 7.62. The fourth-order valence-corrected chi connectivity index (χ4v) is 0.954. The molecule has 110 valence electrons. The Morgan fingerprint density at radius 2 is 1.63 bits per heavy atom. The highest BCUT2D eigenvalue weighted by Crippen LogP contribution is 2.07. The van der Waals surface area contributed by atoms with Gasteiger partial charge in [-0.2, -0.15) is 0 Å². The van der Waals surface area contributed by atoms with Crippen LogP contribution < -0.4 is 4.74 Å². The first-order valence-corrected chi connectivity index (χ1v) is 6.97. The van der Waals surface area contributed by atoms with Gasteiger partial charge in [0.15, 0.2) is 0 Å². The van der Waals surface area contributed by atoms with Gasteiger partial charge in [0, 0.05) is 0 Å². The van der Waals surface area contributed by atoms with Crippen LogP contribution in [0.15, 0.2) is 30.3 Å². The lowest BCUT2D eigenvalue weighted by atomic mass is 10.3. The highest BCUT2D eigenvalue weighted by atomic mass is 32.3. The molecule has 0 aliphatic rings. The summed E-state index contributed by atoms with van der Waals surface area (Å²) in [7, 11) is 2.88. The Hall–Kier alpha value is -1.15. The smallest absolute Gasteiger partial charge is 0.217 e. The van der Waals surface area contributed by atoms with Crippen LogP contribution in [0.3, 0.4) is 0 Å². The number of para-hydroxylation sites is 1. The van der Waals surface area contributed by atoms with Crippen LogP contribution in [0.2, 0.25) is 0 Å². The van der Waals surface area contributed by atoms with E-state index in [0.29, 0.717) is 0 Å². The quantitative estimate of drug-likeness (QED) is 0.457. The van der Waals surface area contributed by atoms with Crippen molar-refractivity contribution in [3.63, 3.8) is 0 Å². The topological polar surface area (TPSA) is 75.7 Å². The molecule has 0 aliphatic carbocycles. The van der Waals surface area contributed by atoms with Crippen molar-refractivity contribution >= 4 is 10.4 Å². The van der Waals surface area contributed by atoms with Crippen molar-refractivity contribution in [3.8, 4) is 5.75 Å². The molecule has 6 nitrogen and oxygen atoms in total. The molecule has 1 aromatic rings. The average Bonchev–Trinajstić information content (AvgIpc) is 2.29. The minimum atomic E-state index is -4.41. The maximum atomic E-state index is 9.22. The van der Waals surface area contributed by atoms with Crippen LogP contribution in [0.1, 0.15) is 0 Å². The van der Waals surface area contributed by atoms with E-state index in [-0.39, 0.29) is 0 Å². The average molecular weight is 291 g/mol. The van der Waals surface area contributed by atoms with Gasteiger partial charge in [-0.05, 0) is 12.1 Å². The van der Waals surface area contributed by atoms with E-state index in [4.69, 9.17) is 4.74 Å². The molecule has 0 aliphatic heterocycles. The van der Waals surface area contributed by atoms with E-state index in [9.17, 15) is 13.0 Å². The van der Waals surface area contributed by atoms with Gasteiger partial charge in [-0.3, -0.25) is 4.18 Å². The van der Waals surface area contributed by atoms with E-state index < -0.39 is 10.4 Å². The predicted molar refractivity (Wildman–Crippen MR) is 71.5 cm³/mol. The number of ether oxygens (including phenoxy) is 1. The Balaban J connectivity index is 0.000000459. The van der Waals surface area contributed by atoms with E-state index in [1.54, 1.807) is 0 Å². The van der Waals surface area contributed by atoms with Gasteiger partial charge < -0.3 is 13.8 Å². The Morgan fingerprint density at radius 3 is 2.00 bits per heavy atom. The van der Waals surface area contributed by atoms with Crippen molar-refractivity contribution in [3.05, 3.63) is 30.3 Å². The summed E-state index contributed by atoms with van der Waals surface area (Å²) < 4.78 is 37.5. The zero-order valence-corrected chi connectivity index (χ0v) is 12.5. The molecule has 0 saturated heterocycles. The van der Waals surface area contributed by atoms with Gasteiger partial charge in [0.2, 0.25) is 10.4 Å². The molecule has 0 radical (unpaired) electrons. The molecular weight excluding hydrogens is 270 g/mol. The largest absolute Gasteiger partial charge is 0.726 e. The van der Waals surface area contributed by atoms with Gasteiger partial charge in [-0.1, -0.05) is 18.2 Å². The van der Waals surface area contributed by atoms with Gasteiger partial charge in [0.1, 0.15) is 18.9 Å². The second-order valence-electron chi connectivity index (χ2n) is 4.75. The first-order chi connectivity index (χ1) is 8.64. The molecular formula is C12H21NO5S. The van der Waals surface area contributed by atoms with E-state index in [2.05, 4.69) is 25.3 Å². The lowest BCUT2D eigenvalue weighted by molar-refractivity contribution is -0.870. The maximum Gasteiger partial charge on any atom is 0.217 e. The van der Waals surface area contributed by atoms with Gasteiger partial charge >= 0.3 is 0 Å². The summed E-state index contributed by atoms with van der Waals surface area (Å²) in [6.45, 7) is 1.79. The summed E-state index contributed by atoms with van der Waals surface area (Å²) >= 11 is 0. The third-order valence-electron chi connectivity index (χ3n) is 1.98. The lowest BCUT2D eigenvalue weighted by Gasteiger charge is -2.23. The molecule has 1 aromatic carbocycles. The van der Waals surface area contributed by atoms with Gasteiger partial charge in [0.25, 0.3) is 0 Å². The molecule has 19 heavy (non-hydrogen) atoms. The molecule has 0 fully saturated rings. The van der Waals surface area contributed by atoms with E-state index in [1.807, 2.05) is 30.3 Å². The molecule has 0 amide bonds. The standard InChI is InChI=1S/C11H18NO.CH4O4S/c1-12(2,3)9-10-13-11-7-5-4-6-8-11;1-5-6(2,3)4/h4-8H,9-10H2,1-3H3;1H3,(H,2,3,4)/q+1;/p-1. The highest BCUT2D eigenvalue weighted by Gasteiger charge is 2.05. The highest BCUT2D eigenvalue weighted by molar-refractivity contribution is 7.80. The molecule has 1 rings (SSSR count). The number of rotatable bonds is 5. The number of benzene rings is 1. The number of nitrogens with zero attached hydrogens (tertiary/aromatic N) is 1. The summed E-state index contributed by atoms with van der Waals surface area (Å²) in [6.07, 6.45) is 0. The number of likely N-dealkylation sites (N-methyl/N-ethyl adjacent to an activating group) is 1.